The van der Waals surface area contributed by atoms with Crippen molar-refractivity contribution in [2.45, 2.75) is 32.2 Å². The fourth-order valence-electron chi connectivity index (χ4n) is 1.91. The van der Waals surface area contributed by atoms with Gasteiger partial charge in [0.05, 0.1) is 0 Å². The predicted octanol–water partition coefficient (Wildman–Crippen LogP) is 2.54. The summed E-state index contributed by atoms with van der Waals surface area (Å²) in [5.74, 6) is 1.31. The van der Waals surface area contributed by atoms with E-state index in [2.05, 4.69) is 43.4 Å². The van der Waals surface area contributed by atoms with Gasteiger partial charge in [0, 0.05) is 28.9 Å². The highest BCUT2D eigenvalue weighted by Crippen LogP contribution is 2.17. The first kappa shape index (κ1) is 14.4. The van der Waals surface area contributed by atoms with Crippen molar-refractivity contribution in [3.8, 4) is 0 Å². The molecule has 0 aromatic heterocycles. The quantitative estimate of drug-likeness (QED) is 0.809. The molecule has 3 heteroatoms. The molecule has 17 heavy (non-hydrogen) atoms. The lowest BCUT2D eigenvalue weighted by atomic mass is 9.98. The van der Waals surface area contributed by atoms with Crippen molar-refractivity contribution < 1.29 is 4.21 Å². The Labute approximate surface area is 107 Å². The number of hydrogen-bond acceptors (Lipinski definition) is 2. The van der Waals surface area contributed by atoms with Crippen molar-refractivity contribution in [3.05, 3.63) is 35.9 Å². The van der Waals surface area contributed by atoms with Gasteiger partial charge in [-0.3, -0.25) is 4.21 Å². The molecule has 0 amide bonds. The van der Waals surface area contributed by atoms with Gasteiger partial charge in [-0.1, -0.05) is 37.3 Å². The van der Waals surface area contributed by atoms with Crippen LogP contribution in [0.1, 0.15) is 31.7 Å². The smallest absolute Gasteiger partial charge is 0.0383 e. The summed E-state index contributed by atoms with van der Waals surface area (Å²) in [5.41, 5.74) is 1.39. The first-order chi connectivity index (χ1) is 8.09. The average Bonchev–Trinajstić information content (AvgIpc) is 2.29. The van der Waals surface area contributed by atoms with Crippen LogP contribution in [0.3, 0.4) is 0 Å². The highest BCUT2D eigenvalue weighted by atomic mass is 32.2. The van der Waals surface area contributed by atoms with Crippen LogP contribution in [0.5, 0.6) is 0 Å². The molecular weight excluding hydrogens is 230 g/mol. The van der Waals surface area contributed by atoms with Gasteiger partial charge in [0.25, 0.3) is 0 Å². The van der Waals surface area contributed by atoms with Gasteiger partial charge in [-0.15, -0.1) is 0 Å². The highest BCUT2D eigenvalue weighted by molar-refractivity contribution is 7.84. The molecule has 0 bridgehead atoms. The van der Waals surface area contributed by atoms with Crippen LogP contribution in [-0.2, 0) is 10.8 Å². The fraction of sp³-hybridized carbons (Fsp3) is 0.571. The van der Waals surface area contributed by atoms with E-state index in [0.717, 1.165) is 18.7 Å². The third-order valence-electron chi connectivity index (χ3n) is 2.92. The minimum absolute atomic E-state index is 0.337. The Hall–Kier alpha value is -0.670. The van der Waals surface area contributed by atoms with E-state index >= 15 is 0 Å². The molecule has 3 unspecified atom stereocenters. The second-order valence-corrected chi connectivity index (χ2v) is 6.18. The van der Waals surface area contributed by atoms with Gasteiger partial charge in [0.15, 0.2) is 0 Å². The maximum absolute atomic E-state index is 11.0. The number of rotatable bonds is 7. The first-order valence-electron chi connectivity index (χ1n) is 6.18. The second kappa shape index (κ2) is 7.62. The molecule has 0 aliphatic heterocycles. The molecule has 1 aromatic rings. The number of nitrogens with one attached hydrogen (secondary N) is 1. The van der Waals surface area contributed by atoms with Crippen LogP contribution in [0.15, 0.2) is 30.3 Å². The molecule has 0 saturated heterocycles. The van der Waals surface area contributed by atoms with E-state index in [1.807, 2.05) is 6.07 Å². The Kier molecular flexibility index (Phi) is 6.45. The fourth-order valence-corrected chi connectivity index (χ4v) is 2.73. The monoisotopic (exact) mass is 253 g/mol. The SMILES string of the molecule is CC(CS(C)=O)NCCC(C)c1ccccc1. The molecule has 0 spiro atoms. The second-order valence-electron chi connectivity index (χ2n) is 4.70. The van der Waals surface area contributed by atoms with Gasteiger partial charge >= 0.3 is 0 Å². The van der Waals surface area contributed by atoms with E-state index in [1.165, 1.54) is 5.56 Å². The van der Waals surface area contributed by atoms with Gasteiger partial charge in [-0.25, -0.2) is 0 Å². The minimum atomic E-state index is -0.708. The molecule has 1 aromatic carbocycles. The molecular formula is C14H23NOS. The first-order valence-corrected chi connectivity index (χ1v) is 7.90. The Morgan fingerprint density at radius 1 is 1.24 bits per heavy atom. The van der Waals surface area contributed by atoms with Crippen molar-refractivity contribution in [1.82, 2.24) is 5.32 Å². The Bertz CT molecular complexity index is 339. The summed E-state index contributed by atoms with van der Waals surface area (Å²) >= 11 is 0. The predicted molar refractivity (Wildman–Crippen MR) is 75.9 cm³/mol. The van der Waals surface area contributed by atoms with Crippen LogP contribution in [0.4, 0.5) is 0 Å². The van der Waals surface area contributed by atoms with Gasteiger partial charge in [0.2, 0.25) is 0 Å². The summed E-state index contributed by atoms with van der Waals surface area (Å²) in [4.78, 5) is 0. The van der Waals surface area contributed by atoms with E-state index in [9.17, 15) is 4.21 Å². The van der Waals surface area contributed by atoms with Crippen LogP contribution in [0, 0.1) is 0 Å². The van der Waals surface area contributed by atoms with Crippen LogP contribution in [0.25, 0.3) is 0 Å². The summed E-state index contributed by atoms with van der Waals surface area (Å²) in [6.07, 6.45) is 2.87. The van der Waals surface area contributed by atoms with E-state index in [0.29, 0.717) is 12.0 Å². The van der Waals surface area contributed by atoms with Crippen molar-refractivity contribution in [2.75, 3.05) is 18.6 Å². The van der Waals surface area contributed by atoms with E-state index in [4.69, 9.17) is 0 Å². The lowest BCUT2D eigenvalue weighted by Gasteiger charge is -2.15. The Balaban J connectivity index is 2.25. The van der Waals surface area contributed by atoms with E-state index < -0.39 is 10.8 Å². The third kappa shape index (κ3) is 5.99. The Morgan fingerprint density at radius 3 is 2.47 bits per heavy atom. The van der Waals surface area contributed by atoms with Gasteiger partial charge in [-0.2, -0.15) is 0 Å². The van der Waals surface area contributed by atoms with Crippen molar-refractivity contribution in [1.29, 1.82) is 0 Å². The van der Waals surface area contributed by atoms with Crippen LogP contribution >= 0.6 is 0 Å². The van der Waals surface area contributed by atoms with Crippen LogP contribution < -0.4 is 5.32 Å². The number of hydrogen-bond donors (Lipinski definition) is 1. The largest absolute Gasteiger partial charge is 0.313 e. The maximum atomic E-state index is 11.0. The van der Waals surface area contributed by atoms with Crippen molar-refractivity contribution in [2.24, 2.45) is 0 Å². The Morgan fingerprint density at radius 2 is 1.88 bits per heavy atom. The zero-order valence-electron chi connectivity index (χ0n) is 11.0. The van der Waals surface area contributed by atoms with E-state index in [1.54, 1.807) is 6.26 Å². The molecule has 0 aliphatic rings. The molecule has 0 aliphatic carbocycles. The van der Waals surface area contributed by atoms with E-state index in [-0.39, 0.29) is 0 Å². The number of benzene rings is 1. The lowest BCUT2D eigenvalue weighted by Crippen LogP contribution is -2.32. The highest BCUT2D eigenvalue weighted by Gasteiger charge is 2.07. The zero-order chi connectivity index (χ0) is 12.7. The standard InChI is InChI=1S/C14H23NOS/c1-12(14-7-5-4-6-8-14)9-10-15-13(2)11-17(3)16/h4-8,12-13,15H,9-11H2,1-3H3. The lowest BCUT2D eigenvalue weighted by molar-refractivity contribution is 0.542. The summed E-state index contributed by atoms with van der Waals surface area (Å²) in [6, 6.07) is 10.9. The minimum Gasteiger partial charge on any atom is -0.313 e. The average molecular weight is 253 g/mol. The van der Waals surface area contributed by atoms with Crippen molar-refractivity contribution in [3.63, 3.8) is 0 Å². The van der Waals surface area contributed by atoms with Crippen LogP contribution in [-0.4, -0.2) is 28.8 Å². The van der Waals surface area contributed by atoms with Gasteiger partial charge in [0.1, 0.15) is 0 Å². The molecule has 1 N–H and O–H groups in total. The van der Waals surface area contributed by atoms with Gasteiger partial charge < -0.3 is 5.32 Å². The summed E-state index contributed by atoms with van der Waals surface area (Å²) in [7, 11) is -0.708. The molecule has 2 nitrogen and oxygen atoms in total. The maximum Gasteiger partial charge on any atom is 0.0383 e. The summed E-state index contributed by atoms with van der Waals surface area (Å²) in [6.45, 7) is 5.32. The van der Waals surface area contributed by atoms with Crippen LogP contribution in [0.2, 0.25) is 0 Å². The topological polar surface area (TPSA) is 29.1 Å². The molecule has 0 radical (unpaired) electrons. The zero-order valence-corrected chi connectivity index (χ0v) is 11.8. The van der Waals surface area contributed by atoms with Gasteiger partial charge in [-0.05, 0) is 31.4 Å². The third-order valence-corrected chi connectivity index (χ3v) is 3.89. The normalized spacial score (nSPS) is 16.4. The molecule has 0 fully saturated rings. The summed E-state index contributed by atoms with van der Waals surface area (Å²) < 4.78 is 11.0. The molecule has 0 heterocycles. The molecule has 3 atom stereocenters. The molecule has 1 rings (SSSR count). The summed E-state index contributed by atoms with van der Waals surface area (Å²) in [5, 5.41) is 3.42. The molecule has 0 saturated carbocycles. The van der Waals surface area contributed by atoms with Crippen molar-refractivity contribution >= 4 is 10.8 Å². The molecule has 96 valence electrons.